The van der Waals surface area contributed by atoms with Gasteiger partial charge in [-0.3, -0.25) is 4.79 Å². The van der Waals surface area contributed by atoms with E-state index in [1.54, 1.807) is 0 Å². The van der Waals surface area contributed by atoms with Crippen LogP contribution >= 0.6 is 0 Å². The number of carboxylic acid groups (broad SMARTS) is 1. The standard InChI is InChI=1S/C10H15N3O4S/c11-4-8-5-13(6-8)18(16,17)12-3-1-2-9(7-12)10(14)15/h8-9H,1-3,5-7H2,(H,14,15). The largest absolute Gasteiger partial charge is 0.481 e. The van der Waals surface area contributed by atoms with Crippen LogP contribution in [0.15, 0.2) is 0 Å². The number of carbonyl (C=O) groups is 1. The van der Waals surface area contributed by atoms with Gasteiger partial charge < -0.3 is 5.11 Å². The summed E-state index contributed by atoms with van der Waals surface area (Å²) < 4.78 is 26.8. The predicted octanol–water partition coefficient (Wildman–Crippen LogP) is -0.517. The molecule has 0 bridgehead atoms. The van der Waals surface area contributed by atoms with Crippen molar-refractivity contribution in [2.45, 2.75) is 12.8 Å². The Morgan fingerprint density at radius 1 is 1.28 bits per heavy atom. The molecule has 1 unspecified atom stereocenters. The van der Waals surface area contributed by atoms with Gasteiger partial charge >= 0.3 is 5.97 Å². The van der Waals surface area contributed by atoms with Crippen LogP contribution in [-0.4, -0.2) is 54.3 Å². The van der Waals surface area contributed by atoms with E-state index in [1.165, 1.54) is 8.61 Å². The first-order chi connectivity index (χ1) is 8.45. The second-order valence-electron chi connectivity index (χ2n) is 4.69. The van der Waals surface area contributed by atoms with E-state index < -0.39 is 22.1 Å². The van der Waals surface area contributed by atoms with Crippen LogP contribution in [-0.2, 0) is 15.0 Å². The third-order valence-electron chi connectivity index (χ3n) is 3.42. The lowest BCUT2D eigenvalue weighted by molar-refractivity contribution is -0.142. The molecule has 2 aliphatic rings. The molecule has 2 aliphatic heterocycles. The number of piperidine rings is 1. The summed E-state index contributed by atoms with van der Waals surface area (Å²) in [6.07, 6.45) is 1.08. The van der Waals surface area contributed by atoms with Crippen LogP contribution in [0.4, 0.5) is 0 Å². The van der Waals surface area contributed by atoms with Crippen molar-refractivity contribution in [1.82, 2.24) is 8.61 Å². The van der Waals surface area contributed by atoms with E-state index in [0.717, 1.165) is 0 Å². The molecule has 1 N–H and O–H groups in total. The van der Waals surface area contributed by atoms with Gasteiger partial charge in [-0.1, -0.05) is 0 Å². The van der Waals surface area contributed by atoms with E-state index in [4.69, 9.17) is 10.4 Å². The van der Waals surface area contributed by atoms with Crippen molar-refractivity contribution in [2.24, 2.45) is 11.8 Å². The molecule has 7 nitrogen and oxygen atoms in total. The van der Waals surface area contributed by atoms with Gasteiger partial charge in [0.2, 0.25) is 0 Å². The Morgan fingerprint density at radius 3 is 2.50 bits per heavy atom. The Bertz CT molecular complexity index is 478. The van der Waals surface area contributed by atoms with Crippen LogP contribution in [0.3, 0.4) is 0 Å². The first kappa shape index (κ1) is 13.3. The Kier molecular flexibility index (Phi) is 3.56. The maximum absolute atomic E-state index is 12.1. The van der Waals surface area contributed by atoms with Crippen molar-refractivity contribution in [2.75, 3.05) is 26.2 Å². The topological polar surface area (TPSA) is 102 Å². The van der Waals surface area contributed by atoms with Gasteiger partial charge in [-0.25, -0.2) is 0 Å². The van der Waals surface area contributed by atoms with Gasteiger partial charge in [-0.05, 0) is 12.8 Å². The second kappa shape index (κ2) is 4.84. The zero-order chi connectivity index (χ0) is 13.3. The lowest BCUT2D eigenvalue weighted by Crippen LogP contribution is -2.56. The Hall–Kier alpha value is -1.17. The molecule has 2 saturated heterocycles. The van der Waals surface area contributed by atoms with Crippen molar-refractivity contribution in [3.05, 3.63) is 0 Å². The minimum Gasteiger partial charge on any atom is -0.481 e. The van der Waals surface area contributed by atoms with Crippen LogP contribution in [0.2, 0.25) is 0 Å². The minimum atomic E-state index is -3.58. The monoisotopic (exact) mass is 273 g/mol. The maximum Gasteiger partial charge on any atom is 0.307 e. The molecular formula is C10H15N3O4S. The third-order valence-corrected chi connectivity index (χ3v) is 5.35. The van der Waals surface area contributed by atoms with Gasteiger partial charge in [0, 0.05) is 26.2 Å². The number of nitriles is 1. The van der Waals surface area contributed by atoms with E-state index in [9.17, 15) is 13.2 Å². The van der Waals surface area contributed by atoms with Crippen molar-refractivity contribution in [3.63, 3.8) is 0 Å². The average molecular weight is 273 g/mol. The molecule has 0 aliphatic carbocycles. The number of aliphatic carboxylic acids is 1. The molecule has 18 heavy (non-hydrogen) atoms. The van der Waals surface area contributed by atoms with E-state index in [-0.39, 0.29) is 25.6 Å². The van der Waals surface area contributed by atoms with Gasteiger partial charge in [0.15, 0.2) is 0 Å². The van der Waals surface area contributed by atoms with Crippen LogP contribution in [0.25, 0.3) is 0 Å². The fourth-order valence-electron chi connectivity index (χ4n) is 2.23. The number of carboxylic acids is 1. The third kappa shape index (κ3) is 2.34. The zero-order valence-corrected chi connectivity index (χ0v) is 10.6. The van der Waals surface area contributed by atoms with Gasteiger partial charge in [0.05, 0.1) is 17.9 Å². The highest BCUT2D eigenvalue weighted by molar-refractivity contribution is 7.86. The highest BCUT2D eigenvalue weighted by Crippen LogP contribution is 2.26. The quantitative estimate of drug-likeness (QED) is 0.745. The summed E-state index contributed by atoms with van der Waals surface area (Å²) in [4.78, 5) is 10.9. The lowest BCUT2D eigenvalue weighted by atomic mass is 10.0. The highest BCUT2D eigenvalue weighted by Gasteiger charge is 2.41. The summed E-state index contributed by atoms with van der Waals surface area (Å²) in [6.45, 7) is 0.825. The first-order valence-corrected chi connectivity index (χ1v) is 7.22. The number of nitrogens with zero attached hydrogens (tertiary/aromatic N) is 3. The molecule has 0 amide bonds. The number of hydrogen-bond donors (Lipinski definition) is 1. The highest BCUT2D eigenvalue weighted by atomic mass is 32.2. The molecular weight excluding hydrogens is 258 g/mol. The maximum atomic E-state index is 12.1. The molecule has 0 radical (unpaired) electrons. The van der Waals surface area contributed by atoms with Crippen LogP contribution in [0.5, 0.6) is 0 Å². The van der Waals surface area contributed by atoms with Crippen molar-refractivity contribution in [1.29, 1.82) is 5.26 Å². The van der Waals surface area contributed by atoms with Crippen LogP contribution in [0, 0.1) is 23.2 Å². The van der Waals surface area contributed by atoms with Gasteiger partial charge in [0.1, 0.15) is 0 Å². The Labute approximate surface area is 106 Å². The van der Waals surface area contributed by atoms with Crippen LogP contribution < -0.4 is 0 Å². The first-order valence-electron chi connectivity index (χ1n) is 5.83. The number of hydrogen-bond acceptors (Lipinski definition) is 4. The fraction of sp³-hybridized carbons (Fsp3) is 0.800. The Balaban J connectivity index is 2.02. The molecule has 100 valence electrons. The molecule has 0 aromatic rings. The van der Waals surface area contributed by atoms with Crippen molar-refractivity contribution >= 4 is 16.2 Å². The molecule has 2 heterocycles. The summed E-state index contributed by atoms with van der Waals surface area (Å²) >= 11 is 0. The normalized spacial score (nSPS) is 27.4. The van der Waals surface area contributed by atoms with Gasteiger partial charge in [0.25, 0.3) is 10.2 Å². The van der Waals surface area contributed by atoms with Gasteiger partial charge in [-0.2, -0.15) is 22.3 Å². The lowest BCUT2D eigenvalue weighted by Gasteiger charge is -2.39. The van der Waals surface area contributed by atoms with Crippen molar-refractivity contribution < 1.29 is 18.3 Å². The zero-order valence-electron chi connectivity index (χ0n) is 9.82. The van der Waals surface area contributed by atoms with E-state index >= 15 is 0 Å². The van der Waals surface area contributed by atoms with E-state index in [1.807, 2.05) is 6.07 Å². The molecule has 2 fully saturated rings. The molecule has 0 spiro atoms. The molecule has 1 atom stereocenters. The summed E-state index contributed by atoms with van der Waals surface area (Å²) in [6, 6.07) is 2.01. The smallest absolute Gasteiger partial charge is 0.307 e. The number of rotatable bonds is 3. The second-order valence-corrected chi connectivity index (χ2v) is 6.61. The van der Waals surface area contributed by atoms with E-state index in [2.05, 4.69) is 0 Å². The Morgan fingerprint density at radius 2 is 1.94 bits per heavy atom. The SMILES string of the molecule is N#CC1CN(S(=O)(=O)N2CCCC(C(=O)O)C2)C1. The summed E-state index contributed by atoms with van der Waals surface area (Å²) in [5, 5.41) is 17.6. The molecule has 2 rings (SSSR count). The summed E-state index contributed by atoms with van der Waals surface area (Å²) in [5.41, 5.74) is 0. The summed E-state index contributed by atoms with van der Waals surface area (Å²) in [5.74, 6) is -1.81. The minimum absolute atomic E-state index is 0.0331. The molecule has 0 saturated carbocycles. The van der Waals surface area contributed by atoms with Crippen LogP contribution in [0.1, 0.15) is 12.8 Å². The summed E-state index contributed by atoms with van der Waals surface area (Å²) in [7, 11) is -3.58. The molecule has 0 aromatic heterocycles. The molecule has 0 aromatic carbocycles. The van der Waals surface area contributed by atoms with Gasteiger partial charge in [-0.15, -0.1) is 0 Å². The molecule has 8 heteroatoms. The average Bonchev–Trinajstić information content (AvgIpc) is 2.27. The fourth-order valence-corrected chi connectivity index (χ4v) is 4.02. The van der Waals surface area contributed by atoms with Crippen molar-refractivity contribution in [3.8, 4) is 6.07 Å². The van der Waals surface area contributed by atoms with E-state index in [0.29, 0.717) is 19.4 Å². The predicted molar refractivity (Wildman–Crippen MR) is 61.5 cm³/mol.